The maximum atomic E-state index is 2.56. The quantitative estimate of drug-likeness (QED) is 0.741. The van der Waals surface area contributed by atoms with Gasteiger partial charge < -0.3 is 4.90 Å². The summed E-state index contributed by atoms with van der Waals surface area (Å²) in [6.45, 7) is 2.28. The Hall–Kier alpha value is -1.50. The van der Waals surface area contributed by atoms with Crippen molar-refractivity contribution in [1.82, 2.24) is 4.90 Å². The monoisotopic (exact) mass is 225 g/mol. The predicted octanol–water partition coefficient (Wildman–Crippen LogP) is 3.74. The van der Waals surface area contributed by atoms with Crippen molar-refractivity contribution in [1.29, 1.82) is 0 Å². The van der Waals surface area contributed by atoms with Crippen LogP contribution < -0.4 is 0 Å². The fourth-order valence-electron chi connectivity index (χ4n) is 2.93. The number of benzene rings is 1. The third-order valence-corrected chi connectivity index (χ3v) is 3.80. The van der Waals surface area contributed by atoms with Gasteiger partial charge in [-0.15, -0.1) is 0 Å². The molecule has 88 valence electrons. The van der Waals surface area contributed by atoms with Crippen LogP contribution in [0.5, 0.6) is 0 Å². The smallest absolute Gasteiger partial charge is 0.0426 e. The van der Waals surface area contributed by atoms with Crippen molar-refractivity contribution in [2.75, 3.05) is 6.54 Å². The van der Waals surface area contributed by atoms with Crippen molar-refractivity contribution < 1.29 is 0 Å². The first-order valence-corrected chi connectivity index (χ1v) is 6.59. The van der Waals surface area contributed by atoms with Crippen LogP contribution in [0.2, 0.25) is 0 Å². The molecule has 0 amide bonds. The zero-order valence-electron chi connectivity index (χ0n) is 10.2. The molecule has 1 nitrogen and oxygen atoms in total. The summed E-state index contributed by atoms with van der Waals surface area (Å²) < 4.78 is 0. The van der Waals surface area contributed by atoms with E-state index >= 15 is 0 Å². The van der Waals surface area contributed by atoms with Gasteiger partial charge in [0.05, 0.1) is 0 Å². The minimum absolute atomic E-state index is 0.775. The molecule has 1 heterocycles. The van der Waals surface area contributed by atoms with E-state index in [2.05, 4.69) is 53.5 Å². The second kappa shape index (κ2) is 4.79. The maximum Gasteiger partial charge on any atom is 0.0426 e. The van der Waals surface area contributed by atoms with Crippen molar-refractivity contribution in [3.8, 4) is 0 Å². The molecule has 0 bridgehead atoms. The van der Waals surface area contributed by atoms with Gasteiger partial charge in [-0.05, 0) is 30.9 Å². The van der Waals surface area contributed by atoms with Gasteiger partial charge in [-0.1, -0.05) is 42.5 Å². The molecule has 0 aromatic heterocycles. The molecule has 0 spiro atoms. The van der Waals surface area contributed by atoms with Crippen LogP contribution in [0.25, 0.3) is 0 Å². The van der Waals surface area contributed by atoms with Gasteiger partial charge in [0, 0.05) is 24.7 Å². The van der Waals surface area contributed by atoms with Gasteiger partial charge in [-0.25, -0.2) is 0 Å². The minimum atomic E-state index is 0.775. The van der Waals surface area contributed by atoms with Crippen molar-refractivity contribution in [3.05, 3.63) is 59.8 Å². The number of likely N-dealkylation sites (tertiary alicyclic amines) is 1. The standard InChI is InChI=1S/C16H19N/c1-2-7-14(8-3-1)13-17-12-6-10-15-9-4-5-11-16(15)17/h1-5,7-8,11,15H,6,9-10,12-13H2. The Bertz CT molecular complexity index is 430. The Morgan fingerprint density at radius 3 is 2.94 bits per heavy atom. The molecule has 2 aliphatic rings. The molecule has 1 aromatic carbocycles. The SMILES string of the molecule is C1=CCC2CCCN(Cc3ccccc3)C2=C1. The molecule has 0 radical (unpaired) electrons. The lowest BCUT2D eigenvalue weighted by molar-refractivity contribution is 0.233. The van der Waals surface area contributed by atoms with E-state index in [1.807, 2.05) is 0 Å². The van der Waals surface area contributed by atoms with Crippen LogP contribution in [-0.4, -0.2) is 11.4 Å². The molecule has 17 heavy (non-hydrogen) atoms. The number of fused-ring (bicyclic) bond motifs is 1. The highest BCUT2D eigenvalue weighted by Crippen LogP contribution is 2.33. The van der Waals surface area contributed by atoms with Crippen LogP contribution in [0.1, 0.15) is 24.8 Å². The van der Waals surface area contributed by atoms with Crippen LogP contribution in [0.4, 0.5) is 0 Å². The predicted molar refractivity (Wildman–Crippen MR) is 71.4 cm³/mol. The summed E-state index contributed by atoms with van der Waals surface area (Å²) in [5, 5.41) is 0. The van der Waals surface area contributed by atoms with Crippen LogP contribution in [0, 0.1) is 5.92 Å². The van der Waals surface area contributed by atoms with Crippen molar-refractivity contribution >= 4 is 0 Å². The first-order chi connectivity index (χ1) is 8.43. The van der Waals surface area contributed by atoms with E-state index in [0.717, 1.165) is 12.5 Å². The normalized spacial score (nSPS) is 23.2. The number of hydrogen-bond donors (Lipinski definition) is 0. The fourth-order valence-corrected chi connectivity index (χ4v) is 2.93. The Balaban J connectivity index is 1.78. The molecule has 1 fully saturated rings. The van der Waals surface area contributed by atoms with Crippen LogP contribution in [0.3, 0.4) is 0 Å². The second-order valence-corrected chi connectivity index (χ2v) is 5.00. The number of nitrogens with zero attached hydrogens (tertiary/aromatic N) is 1. The molecular weight excluding hydrogens is 206 g/mol. The molecule has 1 aromatic rings. The summed E-state index contributed by atoms with van der Waals surface area (Å²) in [5.41, 5.74) is 2.98. The highest BCUT2D eigenvalue weighted by molar-refractivity contribution is 5.23. The third kappa shape index (κ3) is 2.28. The van der Waals surface area contributed by atoms with E-state index in [1.54, 1.807) is 5.70 Å². The van der Waals surface area contributed by atoms with Crippen LogP contribution >= 0.6 is 0 Å². The van der Waals surface area contributed by atoms with Gasteiger partial charge in [-0.3, -0.25) is 0 Å². The van der Waals surface area contributed by atoms with E-state index in [4.69, 9.17) is 0 Å². The lowest BCUT2D eigenvalue weighted by Gasteiger charge is -2.38. The summed E-state index contributed by atoms with van der Waals surface area (Å²) in [5.74, 6) is 0.775. The number of rotatable bonds is 2. The van der Waals surface area contributed by atoms with Crippen molar-refractivity contribution in [2.45, 2.75) is 25.8 Å². The van der Waals surface area contributed by atoms with E-state index in [9.17, 15) is 0 Å². The molecule has 1 aliphatic carbocycles. The van der Waals surface area contributed by atoms with Gasteiger partial charge >= 0.3 is 0 Å². The van der Waals surface area contributed by atoms with E-state index in [-0.39, 0.29) is 0 Å². The Kier molecular flexibility index (Phi) is 3.00. The summed E-state index contributed by atoms with van der Waals surface area (Å²) in [6, 6.07) is 10.8. The molecule has 1 unspecified atom stereocenters. The lowest BCUT2D eigenvalue weighted by Crippen LogP contribution is -2.33. The molecule has 1 saturated heterocycles. The summed E-state index contributed by atoms with van der Waals surface area (Å²) in [4.78, 5) is 2.56. The molecule has 0 N–H and O–H groups in total. The van der Waals surface area contributed by atoms with Crippen molar-refractivity contribution in [3.63, 3.8) is 0 Å². The minimum Gasteiger partial charge on any atom is -0.370 e. The highest BCUT2D eigenvalue weighted by Gasteiger charge is 2.24. The zero-order valence-corrected chi connectivity index (χ0v) is 10.2. The summed E-state index contributed by atoms with van der Waals surface area (Å²) in [7, 11) is 0. The van der Waals surface area contributed by atoms with Gasteiger partial charge in [0.25, 0.3) is 0 Å². The van der Waals surface area contributed by atoms with E-state index in [0.29, 0.717) is 0 Å². The first kappa shape index (κ1) is 10.6. The van der Waals surface area contributed by atoms with Crippen LogP contribution in [-0.2, 0) is 6.54 Å². The topological polar surface area (TPSA) is 3.24 Å². The average Bonchev–Trinajstić information content (AvgIpc) is 2.40. The van der Waals surface area contributed by atoms with Gasteiger partial charge in [0.1, 0.15) is 0 Å². The van der Waals surface area contributed by atoms with Crippen LogP contribution in [0.15, 0.2) is 54.3 Å². The molecule has 1 heteroatoms. The molecule has 1 atom stereocenters. The number of piperidine rings is 1. The third-order valence-electron chi connectivity index (χ3n) is 3.80. The maximum absolute atomic E-state index is 2.56. The van der Waals surface area contributed by atoms with Gasteiger partial charge in [0.15, 0.2) is 0 Å². The number of hydrogen-bond acceptors (Lipinski definition) is 1. The largest absolute Gasteiger partial charge is 0.370 e. The molecule has 1 aliphatic heterocycles. The molecule has 0 saturated carbocycles. The Labute approximate surface area is 103 Å². The van der Waals surface area contributed by atoms with Crippen molar-refractivity contribution in [2.24, 2.45) is 5.92 Å². The highest BCUT2D eigenvalue weighted by atomic mass is 15.1. The van der Waals surface area contributed by atoms with E-state index < -0.39 is 0 Å². The average molecular weight is 225 g/mol. The first-order valence-electron chi connectivity index (χ1n) is 6.59. The molecular formula is C16H19N. The van der Waals surface area contributed by atoms with Gasteiger partial charge in [0.2, 0.25) is 0 Å². The lowest BCUT2D eigenvalue weighted by atomic mass is 9.87. The summed E-state index contributed by atoms with van der Waals surface area (Å²) in [6.07, 6.45) is 10.8. The fraction of sp³-hybridized carbons (Fsp3) is 0.375. The Morgan fingerprint density at radius 1 is 1.18 bits per heavy atom. The number of allylic oxidation sites excluding steroid dienone is 4. The zero-order chi connectivity index (χ0) is 11.5. The molecule has 3 rings (SSSR count). The Morgan fingerprint density at radius 2 is 2.06 bits per heavy atom. The van der Waals surface area contributed by atoms with Gasteiger partial charge in [-0.2, -0.15) is 0 Å². The summed E-state index contributed by atoms with van der Waals surface area (Å²) >= 11 is 0. The second-order valence-electron chi connectivity index (χ2n) is 5.00. The van der Waals surface area contributed by atoms with E-state index in [1.165, 1.54) is 31.4 Å².